The molecule has 0 saturated heterocycles. The number of aliphatic hydroxyl groups is 1. The summed E-state index contributed by atoms with van der Waals surface area (Å²) in [5.74, 6) is -0.370. The Morgan fingerprint density at radius 1 is 1.50 bits per heavy atom. The zero-order chi connectivity index (χ0) is 9.30. The molecule has 0 radical (unpaired) electrons. The summed E-state index contributed by atoms with van der Waals surface area (Å²) in [6.07, 6.45) is -0.762. The Morgan fingerprint density at radius 2 is 2.08 bits per heavy atom. The van der Waals surface area contributed by atoms with Gasteiger partial charge in [0.2, 0.25) is 0 Å². The van der Waals surface area contributed by atoms with E-state index in [0.29, 0.717) is 10.0 Å². The minimum absolute atomic E-state index is 0.365. The molecule has 3 heteroatoms. The van der Waals surface area contributed by atoms with Crippen molar-refractivity contribution >= 4 is 15.9 Å². The first kappa shape index (κ1) is 9.68. The summed E-state index contributed by atoms with van der Waals surface area (Å²) in [6.45, 7) is 3.33. The molecule has 0 aliphatic heterocycles. The first-order valence-electron chi connectivity index (χ1n) is 3.66. The van der Waals surface area contributed by atoms with Crippen LogP contribution in [0.2, 0.25) is 0 Å². The van der Waals surface area contributed by atoms with Crippen molar-refractivity contribution < 1.29 is 9.50 Å². The van der Waals surface area contributed by atoms with E-state index in [4.69, 9.17) is 0 Å². The maximum Gasteiger partial charge on any atom is 0.143 e. The third kappa shape index (κ3) is 1.67. The van der Waals surface area contributed by atoms with Gasteiger partial charge in [0.1, 0.15) is 5.82 Å². The maximum atomic E-state index is 13.3. The summed E-state index contributed by atoms with van der Waals surface area (Å²) in [6, 6.07) is 3.41. The van der Waals surface area contributed by atoms with Gasteiger partial charge in [-0.3, -0.25) is 0 Å². The van der Waals surface area contributed by atoms with Crippen molar-refractivity contribution in [1.29, 1.82) is 0 Å². The van der Waals surface area contributed by atoms with Crippen molar-refractivity contribution in [2.45, 2.75) is 20.0 Å². The first-order valence-corrected chi connectivity index (χ1v) is 4.46. The van der Waals surface area contributed by atoms with E-state index in [1.165, 1.54) is 0 Å². The number of rotatable bonds is 1. The molecule has 0 aromatic heterocycles. The Labute approximate surface area is 79.4 Å². The van der Waals surface area contributed by atoms with Gasteiger partial charge in [-0.25, -0.2) is 4.39 Å². The highest BCUT2D eigenvalue weighted by molar-refractivity contribution is 9.10. The summed E-state index contributed by atoms with van der Waals surface area (Å²) >= 11 is 3.06. The van der Waals surface area contributed by atoms with E-state index in [1.54, 1.807) is 26.0 Å². The lowest BCUT2D eigenvalue weighted by atomic mass is 10.0. The Bertz CT molecular complexity index is 297. The third-order valence-electron chi connectivity index (χ3n) is 1.77. The average Bonchev–Trinajstić information content (AvgIpc) is 1.97. The van der Waals surface area contributed by atoms with Gasteiger partial charge in [0, 0.05) is 5.56 Å². The van der Waals surface area contributed by atoms with E-state index in [9.17, 15) is 9.50 Å². The van der Waals surface area contributed by atoms with Crippen LogP contribution >= 0.6 is 15.9 Å². The number of aliphatic hydroxyl groups excluding tert-OH is 1. The van der Waals surface area contributed by atoms with Gasteiger partial charge in [0.15, 0.2) is 0 Å². The zero-order valence-electron chi connectivity index (χ0n) is 6.94. The number of aryl methyl sites for hydroxylation is 1. The van der Waals surface area contributed by atoms with E-state index < -0.39 is 6.10 Å². The molecule has 0 aliphatic rings. The molecule has 66 valence electrons. The molecule has 1 nitrogen and oxygen atoms in total. The summed E-state index contributed by atoms with van der Waals surface area (Å²) in [5, 5.41) is 9.25. The van der Waals surface area contributed by atoms with Crippen LogP contribution in [0.25, 0.3) is 0 Å². The number of hydrogen-bond acceptors (Lipinski definition) is 1. The molecular weight excluding hydrogens is 223 g/mol. The maximum absolute atomic E-state index is 13.3. The van der Waals surface area contributed by atoms with Crippen LogP contribution in [0, 0.1) is 12.7 Å². The summed E-state index contributed by atoms with van der Waals surface area (Å²) in [4.78, 5) is 0. The van der Waals surface area contributed by atoms with Crippen LogP contribution in [0.1, 0.15) is 24.2 Å². The van der Waals surface area contributed by atoms with Crippen molar-refractivity contribution in [3.8, 4) is 0 Å². The van der Waals surface area contributed by atoms with Crippen LogP contribution in [0.15, 0.2) is 16.6 Å². The molecule has 1 atom stereocenters. The van der Waals surface area contributed by atoms with Gasteiger partial charge in [0.05, 0.1) is 10.6 Å². The Balaban J connectivity index is 3.33. The molecule has 0 spiro atoms. The van der Waals surface area contributed by atoms with Gasteiger partial charge in [-0.05, 0) is 41.4 Å². The van der Waals surface area contributed by atoms with Crippen molar-refractivity contribution in [2.24, 2.45) is 0 Å². The smallest absolute Gasteiger partial charge is 0.143 e. The predicted octanol–water partition coefficient (Wildman–Crippen LogP) is 2.95. The fourth-order valence-electron chi connectivity index (χ4n) is 1.18. The first-order chi connectivity index (χ1) is 5.54. The van der Waals surface area contributed by atoms with Crippen molar-refractivity contribution in [3.63, 3.8) is 0 Å². The molecule has 0 aliphatic carbocycles. The van der Waals surface area contributed by atoms with E-state index in [1.807, 2.05) is 0 Å². The number of halogens is 2. The molecule has 1 unspecified atom stereocenters. The molecule has 1 rings (SSSR count). The van der Waals surface area contributed by atoms with Crippen LogP contribution in [-0.4, -0.2) is 5.11 Å². The molecule has 1 aromatic carbocycles. The molecule has 0 fully saturated rings. The standard InChI is InChI=1S/C9H10BrFO/c1-5-3-4-7(10)9(11)8(5)6(2)12/h3-4,6,12H,1-2H3. The van der Waals surface area contributed by atoms with Gasteiger partial charge < -0.3 is 5.11 Å². The van der Waals surface area contributed by atoms with Crippen molar-refractivity contribution in [2.75, 3.05) is 0 Å². The fourth-order valence-corrected chi connectivity index (χ4v) is 1.52. The monoisotopic (exact) mass is 232 g/mol. The fraction of sp³-hybridized carbons (Fsp3) is 0.333. The Morgan fingerprint density at radius 3 is 2.50 bits per heavy atom. The predicted molar refractivity (Wildman–Crippen MR) is 49.5 cm³/mol. The highest BCUT2D eigenvalue weighted by atomic mass is 79.9. The van der Waals surface area contributed by atoms with E-state index in [2.05, 4.69) is 15.9 Å². The van der Waals surface area contributed by atoms with Crippen molar-refractivity contribution in [1.82, 2.24) is 0 Å². The normalized spacial score (nSPS) is 13.1. The van der Waals surface area contributed by atoms with Crippen molar-refractivity contribution in [3.05, 3.63) is 33.5 Å². The Hall–Kier alpha value is -0.410. The molecule has 1 N–H and O–H groups in total. The second-order valence-electron chi connectivity index (χ2n) is 2.77. The van der Waals surface area contributed by atoms with Gasteiger partial charge in [-0.1, -0.05) is 6.07 Å². The summed E-state index contributed by atoms with van der Waals surface area (Å²) in [7, 11) is 0. The average molecular weight is 233 g/mol. The highest BCUT2D eigenvalue weighted by Gasteiger charge is 2.13. The molecular formula is C9H10BrFO. The lowest BCUT2D eigenvalue weighted by molar-refractivity contribution is 0.193. The highest BCUT2D eigenvalue weighted by Crippen LogP contribution is 2.26. The number of hydrogen-bond donors (Lipinski definition) is 1. The lowest BCUT2D eigenvalue weighted by Crippen LogP contribution is -1.99. The van der Waals surface area contributed by atoms with Gasteiger partial charge in [-0.15, -0.1) is 0 Å². The van der Waals surface area contributed by atoms with Gasteiger partial charge in [-0.2, -0.15) is 0 Å². The molecule has 0 bridgehead atoms. The summed E-state index contributed by atoms with van der Waals surface area (Å²) in [5.41, 5.74) is 1.13. The minimum Gasteiger partial charge on any atom is -0.389 e. The van der Waals surface area contributed by atoms with Crippen LogP contribution in [0.3, 0.4) is 0 Å². The molecule has 0 saturated carbocycles. The van der Waals surface area contributed by atoms with Crippen LogP contribution < -0.4 is 0 Å². The molecule has 12 heavy (non-hydrogen) atoms. The van der Waals surface area contributed by atoms with Gasteiger partial charge >= 0.3 is 0 Å². The van der Waals surface area contributed by atoms with Crippen LogP contribution in [0.4, 0.5) is 4.39 Å². The molecule has 1 aromatic rings. The third-order valence-corrected chi connectivity index (χ3v) is 2.38. The summed E-state index contributed by atoms with van der Waals surface area (Å²) < 4.78 is 13.7. The minimum atomic E-state index is -0.762. The van der Waals surface area contributed by atoms with Crippen LogP contribution in [0.5, 0.6) is 0 Å². The Kier molecular flexibility index (Phi) is 2.85. The number of benzene rings is 1. The largest absolute Gasteiger partial charge is 0.389 e. The second-order valence-corrected chi connectivity index (χ2v) is 3.62. The SMILES string of the molecule is Cc1ccc(Br)c(F)c1C(C)O. The van der Waals surface area contributed by atoms with E-state index in [0.717, 1.165) is 5.56 Å². The van der Waals surface area contributed by atoms with E-state index in [-0.39, 0.29) is 5.82 Å². The lowest BCUT2D eigenvalue weighted by Gasteiger charge is -2.10. The van der Waals surface area contributed by atoms with Crippen LogP contribution in [-0.2, 0) is 0 Å². The van der Waals surface area contributed by atoms with E-state index >= 15 is 0 Å². The molecule has 0 heterocycles. The zero-order valence-corrected chi connectivity index (χ0v) is 8.52. The topological polar surface area (TPSA) is 20.2 Å². The second kappa shape index (κ2) is 3.54. The molecule has 0 amide bonds. The van der Waals surface area contributed by atoms with Gasteiger partial charge in [0.25, 0.3) is 0 Å². The quantitative estimate of drug-likeness (QED) is 0.790.